The van der Waals surface area contributed by atoms with Crippen LogP contribution in [0.15, 0.2) is 36.4 Å². The second-order valence-corrected chi connectivity index (χ2v) is 10.8. The molecule has 2 unspecified atom stereocenters. The van der Waals surface area contributed by atoms with Gasteiger partial charge in [-0.3, -0.25) is 24.0 Å². The number of amides is 2. The molecule has 0 heterocycles. The normalized spacial score (nSPS) is 18.8. The Morgan fingerprint density at radius 1 is 1.09 bits per heavy atom. The fraction of sp³-hybridized carbons (Fsp3) is 0.433. The zero-order valence-corrected chi connectivity index (χ0v) is 24.0. The van der Waals surface area contributed by atoms with E-state index in [2.05, 4.69) is 5.32 Å². The number of nitrogens with two attached hydrogens (primary N) is 1. The molecule has 14 heteroatoms. The Bertz CT molecular complexity index is 1460. The number of ketones is 2. The Morgan fingerprint density at radius 3 is 2.41 bits per heavy atom. The van der Waals surface area contributed by atoms with E-state index in [-0.39, 0.29) is 29.8 Å². The predicted octanol–water partition coefficient (Wildman–Crippen LogP) is -1.12. The van der Waals surface area contributed by atoms with E-state index in [9.17, 15) is 54.6 Å². The molecule has 0 radical (unpaired) electrons. The lowest BCUT2D eigenvalue weighted by Gasteiger charge is -2.46. The number of fused-ring (bicyclic) bond motifs is 1. The van der Waals surface area contributed by atoms with E-state index in [1.807, 2.05) is 0 Å². The number of carbonyl (C=O) groups is 5. The van der Waals surface area contributed by atoms with Gasteiger partial charge < -0.3 is 46.4 Å². The Kier molecular flexibility index (Phi) is 10.6. The average molecular weight is 617 g/mol. The number of carbonyl (C=O) groups excluding carboxylic acids is 5. The number of esters is 1. The van der Waals surface area contributed by atoms with Gasteiger partial charge in [0, 0.05) is 37.9 Å². The van der Waals surface area contributed by atoms with Gasteiger partial charge in [0.1, 0.15) is 17.9 Å². The minimum absolute atomic E-state index is 0.121. The van der Waals surface area contributed by atoms with E-state index >= 15 is 0 Å². The lowest BCUT2D eigenvalue weighted by atomic mass is 9.66. The molecule has 0 saturated heterocycles. The Morgan fingerprint density at radius 2 is 1.80 bits per heavy atom. The number of rotatable bonds is 14. The molecular formula is C30H36N2O12. The summed E-state index contributed by atoms with van der Waals surface area (Å²) in [4.78, 5) is 61.8. The van der Waals surface area contributed by atoms with Gasteiger partial charge in [0.15, 0.2) is 17.2 Å². The molecule has 14 nitrogen and oxygen atoms in total. The molecule has 2 aromatic rings. The molecule has 3 rings (SSSR count). The lowest BCUT2D eigenvalue weighted by molar-refractivity contribution is -0.204. The molecule has 3 atom stereocenters. The molecule has 2 amide bonds. The standard InChI is InChI=1S/C30H36N2O12/c1-2-44-25(39)14-32-27(40)18-5-3-4-17(10-18)19-6-7-21(35)26-20(19)12-28(41,13-22(26)36)15-29(42,8-9-33)30(43,16-34)23(37)11-24(31)38/h3-7,10,33-35,41-43H,2,8-9,11-16H2,1H3,(H2,31,38)(H,32,40)/t28?,29?,30-/m0/s1. The number of ether oxygens (including phenoxy) is 1. The zero-order valence-electron chi connectivity index (χ0n) is 24.0. The van der Waals surface area contributed by atoms with Crippen LogP contribution < -0.4 is 11.1 Å². The van der Waals surface area contributed by atoms with Gasteiger partial charge in [-0.1, -0.05) is 18.2 Å². The van der Waals surface area contributed by atoms with Crippen LogP contribution in [0.2, 0.25) is 0 Å². The van der Waals surface area contributed by atoms with Crippen LogP contribution in [-0.2, 0) is 25.5 Å². The van der Waals surface area contributed by atoms with E-state index in [0.717, 1.165) is 0 Å². The van der Waals surface area contributed by atoms with Gasteiger partial charge in [-0.15, -0.1) is 0 Å². The first-order valence-corrected chi connectivity index (χ1v) is 13.8. The Hall–Kier alpha value is -4.21. The molecule has 0 aromatic heterocycles. The predicted molar refractivity (Wildman–Crippen MR) is 152 cm³/mol. The summed E-state index contributed by atoms with van der Waals surface area (Å²) < 4.78 is 4.80. The van der Waals surface area contributed by atoms with Crippen LogP contribution in [0.25, 0.3) is 11.1 Å². The van der Waals surface area contributed by atoms with Gasteiger partial charge in [0.2, 0.25) is 5.91 Å². The highest BCUT2D eigenvalue weighted by Crippen LogP contribution is 2.45. The van der Waals surface area contributed by atoms with Crippen molar-refractivity contribution in [3.05, 3.63) is 53.1 Å². The van der Waals surface area contributed by atoms with Crippen molar-refractivity contribution >= 4 is 29.4 Å². The summed E-state index contributed by atoms with van der Waals surface area (Å²) in [5.41, 5.74) is -2.08. The van der Waals surface area contributed by atoms with Gasteiger partial charge in [-0.25, -0.2) is 0 Å². The molecule has 44 heavy (non-hydrogen) atoms. The zero-order chi connectivity index (χ0) is 32.9. The second-order valence-electron chi connectivity index (χ2n) is 10.8. The molecular weight excluding hydrogens is 580 g/mol. The summed E-state index contributed by atoms with van der Waals surface area (Å²) in [5, 5.41) is 66.9. The molecule has 0 spiro atoms. The third-order valence-corrected chi connectivity index (χ3v) is 7.64. The van der Waals surface area contributed by atoms with Crippen molar-refractivity contribution in [3.8, 4) is 16.9 Å². The van der Waals surface area contributed by atoms with Crippen LogP contribution in [0, 0.1) is 0 Å². The molecule has 9 N–H and O–H groups in total. The minimum Gasteiger partial charge on any atom is -0.507 e. The van der Waals surface area contributed by atoms with Crippen LogP contribution in [0.3, 0.4) is 0 Å². The number of aliphatic hydroxyl groups is 5. The number of hydrogen-bond donors (Lipinski definition) is 8. The minimum atomic E-state index is -3.04. The van der Waals surface area contributed by atoms with Gasteiger partial charge >= 0.3 is 5.97 Å². The molecule has 0 fully saturated rings. The summed E-state index contributed by atoms with van der Waals surface area (Å²) in [6.45, 7) is -0.821. The van der Waals surface area contributed by atoms with Gasteiger partial charge in [-0.2, -0.15) is 0 Å². The fourth-order valence-electron chi connectivity index (χ4n) is 5.57. The molecule has 0 bridgehead atoms. The van der Waals surface area contributed by atoms with Crippen molar-refractivity contribution in [3.63, 3.8) is 0 Å². The fourth-order valence-corrected chi connectivity index (χ4v) is 5.57. The molecule has 1 aliphatic carbocycles. The number of aliphatic hydroxyl groups excluding tert-OH is 2. The quantitative estimate of drug-likeness (QED) is 0.0928. The Labute approximate surface area is 252 Å². The first-order valence-electron chi connectivity index (χ1n) is 13.8. The molecule has 2 aromatic carbocycles. The highest BCUT2D eigenvalue weighted by atomic mass is 16.5. The monoisotopic (exact) mass is 616 g/mol. The third-order valence-electron chi connectivity index (χ3n) is 7.64. The van der Waals surface area contributed by atoms with E-state index in [0.29, 0.717) is 11.1 Å². The molecule has 0 saturated carbocycles. The summed E-state index contributed by atoms with van der Waals surface area (Å²) >= 11 is 0. The Balaban J connectivity index is 2.04. The average Bonchev–Trinajstić information content (AvgIpc) is 2.94. The summed E-state index contributed by atoms with van der Waals surface area (Å²) in [6, 6.07) is 8.78. The number of aromatic hydroxyl groups is 1. The van der Waals surface area contributed by atoms with Crippen molar-refractivity contribution in [1.29, 1.82) is 0 Å². The first-order chi connectivity index (χ1) is 20.6. The van der Waals surface area contributed by atoms with Crippen LogP contribution in [0.1, 0.15) is 58.9 Å². The number of nitrogens with one attached hydrogen (secondary N) is 1. The summed E-state index contributed by atoms with van der Waals surface area (Å²) in [6.07, 6.45) is -3.83. The number of hydrogen-bond acceptors (Lipinski definition) is 12. The summed E-state index contributed by atoms with van der Waals surface area (Å²) in [7, 11) is 0. The maximum Gasteiger partial charge on any atom is 0.325 e. The smallest absolute Gasteiger partial charge is 0.325 e. The maximum atomic E-state index is 13.3. The topological polar surface area (TPSA) is 254 Å². The van der Waals surface area contributed by atoms with Crippen LogP contribution in [-0.4, -0.2) is 103 Å². The van der Waals surface area contributed by atoms with Gasteiger partial charge in [-0.05, 0) is 41.8 Å². The van der Waals surface area contributed by atoms with E-state index in [1.54, 1.807) is 13.0 Å². The molecule has 1 aliphatic rings. The van der Waals surface area contributed by atoms with Crippen LogP contribution in [0.5, 0.6) is 5.75 Å². The number of primary amides is 1. The van der Waals surface area contributed by atoms with Crippen molar-refractivity contribution in [1.82, 2.24) is 5.32 Å². The van der Waals surface area contributed by atoms with E-state index in [4.69, 9.17) is 10.5 Å². The third kappa shape index (κ3) is 7.11. The second kappa shape index (κ2) is 13.6. The van der Waals surface area contributed by atoms with Gasteiger partial charge in [0.25, 0.3) is 5.91 Å². The molecule has 0 aliphatic heterocycles. The van der Waals surface area contributed by atoms with Crippen LogP contribution in [0.4, 0.5) is 0 Å². The van der Waals surface area contributed by atoms with E-state index < -0.39 is 97.2 Å². The van der Waals surface area contributed by atoms with Crippen molar-refractivity contribution in [2.75, 3.05) is 26.4 Å². The first kappa shape index (κ1) is 34.3. The number of Topliss-reactive ketones (excluding diaryl/α,β-unsaturated/α-hetero) is 2. The molecule has 238 valence electrons. The van der Waals surface area contributed by atoms with E-state index in [1.165, 1.54) is 30.3 Å². The number of benzene rings is 2. The van der Waals surface area contributed by atoms with Crippen molar-refractivity contribution < 1.29 is 59.3 Å². The number of phenolic OH excluding ortho intramolecular Hbond substituents is 1. The van der Waals surface area contributed by atoms with Crippen LogP contribution >= 0.6 is 0 Å². The van der Waals surface area contributed by atoms with Gasteiger partial charge in [0.05, 0.1) is 30.8 Å². The SMILES string of the molecule is CCOC(=O)CNC(=O)c1cccc(-c2ccc(O)c3c2CC(O)(CC(O)(CCO)[C@](O)(CO)C(=O)CC(N)=O)CC3=O)c1. The highest BCUT2D eigenvalue weighted by molar-refractivity contribution is 6.04. The number of phenols is 1. The highest BCUT2D eigenvalue weighted by Gasteiger charge is 2.58. The van der Waals surface area contributed by atoms with Crippen molar-refractivity contribution in [2.45, 2.75) is 55.8 Å². The maximum absolute atomic E-state index is 13.3. The largest absolute Gasteiger partial charge is 0.507 e. The van der Waals surface area contributed by atoms with Crippen molar-refractivity contribution in [2.24, 2.45) is 5.73 Å². The lowest BCUT2D eigenvalue weighted by Crippen LogP contribution is -2.65. The summed E-state index contributed by atoms with van der Waals surface area (Å²) in [5.74, 6) is -4.89.